The summed E-state index contributed by atoms with van der Waals surface area (Å²) in [6, 6.07) is 14.8. The molecule has 0 aromatic heterocycles. The van der Waals surface area contributed by atoms with Gasteiger partial charge in [-0.25, -0.2) is 0 Å². The van der Waals surface area contributed by atoms with Gasteiger partial charge in [-0.05, 0) is 81.2 Å². The highest BCUT2D eigenvalue weighted by atomic mass is 16.5. The lowest BCUT2D eigenvalue weighted by molar-refractivity contribution is -0.127. The number of nitrogens with one attached hydrogen (secondary N) is 1. The highest BCUT2D eigenvalue weighted by molar-refractivity contribution is 5.80. The summed E-state index contributed by atoms with van der Waals surface area (Å²) in [5, 5.41) is 2.99. The monoisotopic (exact) mass is 351 g/mol. The Bertz CT molecular complexity index is 754. The van der Waals surface area contributed by atoms with E-state index in [1.807, 2.05) is 13.0 Å². The Kier molecular flexibility index (Phi) is 6.32. The molecule has 0 heterocycles. The van der Waals surface area contributed by atoms with E-state index in [1.54, 1.807) is 0 Å². The molecule has 3 rings (SSSR count). The van der Waals surface area contributed by atoms with Crippen molar-refractivity contribution in [2.75, 3.05) is 6.54 Å². The third-order valence-electron chi connectivity index (χ3n) is 5.03. The van der Waals surface area contributed by atoms with Crippen LogP contribution in [0.15, 0.2) is 42.5 Å². The molecule has 1 atom stereocenters. The number of amides is 1. The van der Waals surface area contributed by atoms with E-state index in [0.717, 1.165) is 31.4 Å². The van der Waals surface area contributed by atoms with Crippen LogP contribution in [0.1, 0.15) is 48.4 Å². The van der Waals surface area contributed by atoms with Crippen molar-refractivity contribution in [2.45, 2.75) is 58.5 Å². The fourth-order valence-electron chi connectivity index (χ4n) is 3.56. The lowest BCUT2D eigenvalue weighted by atomic mass is 9.92. The van der Waals surface area contributed by atoms with Crippen molar-refractivity contribution in [3.05, 3.63) is 64.7 Å². The van der Waals surface area contributed by atoms with Crippen LogP contribution >= 0.6 is 0 Å². The Balaban J connectivity index is 1.43. The molecule has 26 heavy (non-hydrogen) atoms. The van der Waals surface area contributed by atoms with Gasteiger partial charge in [0, 0.05) is 6.54 Å². The van der Waals surface area contributed by atoms with Gasteiger partial charge in [-0.3, -0.25) is 4.79 Å². The molecule has 0 aliphatic heterocycles. The van der Waals surface area contributed by atoms with Crippen LogP contribution in [0.25, 0.3) is 0 Å². The molecule has 0 saturated heterocycles. The van der Waals surface area contributed by atoms with E-state index in [0.29, 0.717) is 6.54 Å². The van der Waals surface area contributed by atoms with Crippen LogP contribution in [0.4, 0.5) is 0 Å². The van der Waals surface area contributed by atoms with Gasteiger partial charge in [-0.15, -0.1) is 0 Å². The van der Waals surface area contributed by atoms with Gasteiger partial charge in [-0.1, -0.05) is 35.9 Å². The summed E-state index contributed by atoms with van der Waals surface area (Å²) in [7, 11) is 0. The Hall–Kier alpha value is -2.29. The summed E-state index contributed by atoms with van der Waals surface area (Å²) >= 11 is 0. The molecule has 2 aromatic carbocycles. The van der Waals surface area contributed by atoms with Gasteiger partial charge in [0.25, 0.3) is 5.91 Å². The minimum absolute atomic E-state index is 0.0491. The van der Waals surface area contributed by atoms with E-state index < -0.39 is 6.10 Å². The maximum absolute atomic E-state index is 12.3. The van der Waals surface area contributed by atoms with Crippen LogP contribution in [0.5, 0.6) is 5.75 Å². The molecule has 1 aliphatic rings. The number of carbonyl (C=O) groups excluding carboxylic acids is 1. The Morgan fingerprint density at radius 3 is 2.73 bits per heavy atom. The zero-order valence-electron chi connectivity index (χ0n) is 15.9. The zero-order chi connectivity index (χ0) is 18.4. The maximum Gasteiger partial charge on any atom is 0.260 e. The van der Waals surface area contributed by atoms with Gasteiger partial charge in [0.05, 0.1) is 0 Å². The highest BCUT2D eigenvalue weighted by Gasteiger charge is 2.16. The number of rotatable bonds is 7. The van der Waals surface area contributed by atoms with Crippen molar-refractivity contribution < 1.29 is 9.53 Å². The molecule has 0 spiro atoms. The molecule has 3 heteroatoms. The van der Waals surface area contributed by atoms with Crippen LogP contribution < -0.4 is 10.1 Å². The lowest BCUT2D eigenvalue weighted by Gasteiger charge is -2.19. The largest absolute Gasteiger partial charge is 0.481 e. The number of carbonyl (C=O) groups is 1. The molecule has 2 aromatic rings. The topological polar surface area (TPSA) is 38.3 Å². The van der Waals surface area contributed by atoms with E-state index in [4.69, 9.17) is 4.74 Å². The van der Waals surface area contributed by atoms with Gasteiger partial charge < -0.3 is 10.1 Å². The molecule has 0 bridgehead atoms. The summed E-state index contributed by atoms with van der Waals surface area (Å²) in [5.74, 6) is 0.750. The number of ether oxygens (including phenoxy) is 1. The summed E-state index contributed by atoms with van der Waals surface area (Å²) in [5.41, 5.74) is 5.40. The SMILES string of the molecule is Cc1cccc(CCCNC(=O)C(C)Oc2ccc3c(c2)CCCC3)c1. The molecular formula is C23H29NO2. The fourth-order valence-corrected chi connectivity index (χ4v) is 3.56. The maximum atomic E-state index is 12.3. The quantitative estimate of drug-likeness (QED) is 0.751. The molecular weight excluding hydrogens is 322 g/mol. The van der Waals surface area contributed by atoms with Gasteiger partial charge in [0.15, 0.2) is 6.10 Å². The summed E-state index contributed by atoms with van der Waals surface area (Å²) in [6.07, 6.45) is 6.22. The van der Waals surface area contributed by atoms with Crippen LogP contribution in [0.3, 0.4) is 0 Å². The normalized spacial score (nSPS) is 14.4. The minimum Gasteiger partial charge on any atom is -0.481 e. The summed E-state index contributed by atoms with van der Waals surface area (Å²) in [4.78, 5) is 12.3. The molecule has 0 fully saturated rings. The van der Waals surface area contributed by atoms with Crippen molar-refractivity contribution >= 4 is 5.91 Å². The smallest absolute Gasteiger partial charge is 0.260 e. The number of aryl methyl sites for hydroxylation is 4. The summed E-state index contributed by atoms with van der Waals surface area (Å²) < 4.78 is 5.86. The Morgan fingerprint density at radius 2 is 1.92 bits per heavy atom. The third-order valence-corrected chi connectivity index (χ3v) is 5.03. The van der Waals surface area contributed by atoms with Crippen molar-refractivity contribution in [1.82, 2.24) is 5.32 Å². The van der Waals surface area contributed by atoms with Gasteiger partial charge in [0.1, 0.15) is 5.75 Å². The molecule has 1 N–H and O–H groups in total. The number of hydrogen-bond donors (Lipinski definition) is 1. The first-order valence-corrected chi connectivity index (χ1v) is 9.73. The predicted octanol–water partition coefficient (Wildman–Crippen LogP) is 4.39. The first-order chi connectivity index (χ1) is 12.6. The van der Waals surface area contributed by atoms with Gasteiger partial charge in [-0.2, -0.15) is 0 Å². The first-order valence-electron chi connectivity index (χ1n) is 9.73. The molecule has 138 valence electrons. The molecule has 1 amide bonds. The molecule has 1 aliphatic carbocycles. The van der Waals surface area contributed by atoms with Gasteiger partial charge >= 0.3 is 0 Å². The summed E-state index contributed by atoms with van der Waals surface area (Å²) in [6.45, 7) is 4.59. The van der Waals surface area contributed by atoms with Gasteiger partial charge in [0.2, 0.25) is 0 Å². The van der Waals surface area contributed by atoms with Crippen LogP contribution in [-0.2, 0) is 24.1 Å². The van der Waals surface area contributed by atoms with E-state index in [1.165, 1.54) is 35.1 Å². The fraction of sp³-hybridized carbons (Fsp3) is 0.435. The average molecular weight is 351 g/mol. The number of fused-ring (bicyclic) bond motifs is 1. The van der Waals surface area contributed by atoms with E-state index in [-0.39, 0.29) is 5.91 Å². The van der Waals surface area contributed by atoms with Crippen molar-refractivity contribution in [2.24, 2.45) is 0 Å². The lowest BCUT2D eigenvalue weighted by Crippen LogP contribution is -2.37. The molecule has 3 nitrogen and oxygen atoms in total. The minimum atomic E-state index is -0.476. The van der Waals surface area contributed by atoms with Crippen molar-refractivity contribution in [1.29, 1.82) is 0 Å². The van der Waals surface area contributed by atoms with E-state index >= 15 is 0 Å². The number of benzene rings is 2. The second-order valence-corrected chi connectivity index (χ2v) is 7.28. The second-order valence-electron chi connectivity index (χ2n) is 7.28. The molecule has 0 saturated carbocycles. The predicted molar refractivity (Wildman–Crippen MR) is 106 cm³/mol. The third kappa shape index (κ3) is 5.10. The standard InChI is InChI=1S/C23H29NO2/c1-17-7-5-8-19(15-17)9-6-14-24-23(25)18(2)26-22-13-12-20-10-3-4-11-21(20)16-22/h5,7-8,12-13,15-16,18H,3-4,6,9-11,14H2,1-2H3,(H,24,25). The first kappa shape index (κ1) is 18.5. The van der Waals surface area contributed by atoms with Crippen LogP contribution in [0.2, 0.25) is 0 Å². The van der Waals surface area contributed by atoms with E-state index in [2.05, 4.69) is 48.6 Å². The van der Waals surface area contributed by atoms with E-state index in [9.17, 15) is 4.79 Å². The second kappa shape index (κ2) is 8.88. The average Bonchev–Trinajstić information content (AvgIpc) is 2.65. The Morgan fingerprint density at radius 1 is 1.12 bits per heavy atom. The highest BCUT2D eigenvalue weighted by Crippen LogP contribution is 2.25. The van der Waals surface area contributed by atoms with Crippen LogP contribution in [-0.4, -0.2) is 18.6 Å². The van der Waals surface area contributed by atoms with Crippen molar-refractivity contribution in [3.8, 4) is 5.75 Å². The number of hydrogen-bond acceptors (Lipinski definition) is 2. The van der Waals surface area contributed by atoms with Crippen molar-refractivity contribution in [3.63, 3.8) is 0 Å². The zero-order valence-corrected chi connectivity index (χ0v) is 15.9. The van der Waals surface area contributed by atoms with Crippen LogP contribution in [0, 0.1) is 6.92 Å². The Labute approximate surface area is 156 Å². The molecule has 0 radical (unpaired) electrons. The molecule has 1 unspecified atom stereocenters.